The molecule has 2 aliphatic rings. The van der Waals surface area contributed by atoms with Gasteiger partial charge >= 0.3 is 6.09 Å². The fourth-order valence-corrected chi connectivity index (χ4v) is 4.90. The van der Waals surface area contributed by atoms with Crippen molar-refractivity contribution in [1.29, 1.82) is 0 Å². The zero-order valence-corrected chi connectivity index (χ0v) is 20.1. The first-order valence-corrected chi connectivity index (χ1v) is 12.1. The van der Waals surface area contributed by atoms with Gasteiger partial charge in [-0.25, -0.2) is 19.7 Å². The van der Waals surface area contributed by atoms with Crippen LogP contribution in [0.5, 0.6) is 23.1 Å². The third kappa shape index (κ3) is 5.08. The molecule has 1 saturated carbocycles. The van der Waals surface area contributed by atoms with E-state index < -0.39 is 0 Å². The van der Waals surface area contributed by atoms with Crippen molar-refractivity contribution >= 4 is 17.0 Å². The summed E-state index contributed by atoms with van der Waals surface area (Å²) >= 11 is 0. The molecule has 2 aromatic heterocycles. The number of carbonyl (C=O) groups is 1. The van der Waals surface area contributed by atoms with Crippen LogP contribution in [0.25, 0.3) is 10.9 Å². The van der Waals surface area contributed by atoms with Crippen molar-refractivity contribution in [3.63, 3.8) is 0 Å². The molecule has 3 aromatic rings. The van der Waals surface area contributed by atoms with Crippen LogP contribution in [-0.4, -0.2) is 59.4 Å². The summed E-state index contributed by atoms with van der Waals surface area (Å²) in [4.78, 5) is 27.7. The van der Waals surface area contributed by atoms with E-state index in [0.717, 1.165) is 42.3 Å². The number of nitrogens with zero attached hydrogens (tertiary/aromatic N) is 4. The Labute approximate surface area is 204 Å². The van der Waals surface area contributed by atoms with Crippen LogP contribution in [0.3, 0.4) is 0 Å². The molecule has 2 fully saturated rings. The van der Waals surface area contributed by atoms with E-state index in [1.807, 2.05) is 12.1 Å². The Morgan fingerprint density at radius 2 is 1.69 bits per heavy atom. The number of pyridine rings is 1. The van der Waals surface area contributed by atoms with Crippen LogP contribution in [-0.2, 0) is 0 Å². The average Bonchev–Trinajstić information content (AvgIpc) is 3.41. The number of methoxy groups -OCH3 is 2. The molecular formula is C26H30N4O5. The number of aromatic nitrogens is 3. The Morgan fingerprint density at radius 1 is 0.943 bits per heavy atom. The zero-order chi connectivity index (χ0) is 24.2. The van der Waals surface area contributed by atoms with Crippen molar-refractivity contribution in [3.8, 4) is 23.1 Å². The van der Waals surface area contributed by atoms with Gasteiger partial charge in [-0.05, 0) is 50.7 Å². The average molecular weight is 479 g/mol. The number of rotatable bonds is 6. The maximum absolute atomic E-state index is 12.7. The van der Waals surface area contributed by atoms with E-state index in [0.29, 0.717) is 36.2 Å². The van der Waals surface area contributed by atoms with Crippen molar-refractivity contribution in [2.75, 3.05) is 27.3 Å². The Hall–Kier alpha value is -3.62. The molecule has 1 aromatic carbocycles. The van der Waals surface area contributed by atoms with E-state index in [1.54, 1.807) is 43.8 Å². The number of benzene rings is 1. The predicted molar refractivity (Wildman–Crippen MR) is 129 cm³/mol. The van der Waals surface area contributed by atoms with Gasteiger partial charge in [0.2, 0.25) is 5.88 Å². The molecule has 1 amide bonds. The summed E-state index contributed by atoms with van der Waals surface area (Å²) in [5.74, 6) is 2.47. The smallest absolute Gasteiger partial charge is 0.415 e. The number of piperidine rings is 1. The van der Waals surface area contributed by atoms with Crippen molar-refractivity contribution in [2.24, 2.45) is 0 Å². The minimum Gasteiger partial charge on any atom is -0.493 e. The largest absolute Gasteiger partial charge is 0.493 e. The van der Waals surface area contributed by atoms with Crippen LogP contribution in [0.15, 0.2) is 36.8 Å². The summed E-state index contributed by atoms with van der Waals surface area (Å²) in [5, 5.41) is 0.942. The number of fused-ring (bicyclic) bond motifs is 1. The van der Waals surface area contributed by atoms with E-state index in [9.17, 15) is 4.79 Å². The van der Waals surface area contributed by atoms with Gasteiger partial charge in [0.25, 0.3) is 0 Å². The van der Waals surface area contributed by atoms with Crippen LogP contribution in [0.2, 0.25) is 0 Å². The number of ether oxygens (including phenoxy) is 4. The van der Waals surface area contributed by atoms with Crippen LogP contribution in [0, 0.1) is 0 Å². The molecular weight excluding hydrogens is 448 g/mol. The molecule has 9 nitrogen and oxygen atoms in total. The second-order valence-electron chi connectivity index (χ2n) is 8.97. The molecule has 1 aliphatic heterocycles. The monoisotopic (exact) mass is 478 g/mol. The highest BCUT2D eigenvalue weighted by Crippen LogP contribution is 2.36. The number of hydrogen-bond acceptors (Lipinski definition) is 8. The molecule has 0 spiro atoms. The number of hydrogen-bond donors (Lipinski definition) is 0. The van der Waals surface area contributed by atoms with Crippen molar-refractivity contribution in [2.45, 2.75) is 50.5 Å². The van der Waals surface area contributed by atoms with Crippen molar-refractivity contribution in [1.82, 2.24) is 19.9 Å². The SMILES string of the molecule is COc1cc2ncnc(C3CCN(C(=O)Oc4ccc(OC5CCCC5)nc4)CC3)c2cc1OC. The highest BCUT2D eigenvalue weighted by molar-refractivity contribution is 5.85. The molecule has 1 saturated heterocycles. The van der Waals surface area contributed by atoms with Gasteiger partial charge in [-0.2, -0.15) is 0 Å². The van der Waals surface area contributed by atoms with Crippen LogP contribution in [0.4, 0.5) is 4.79 Å². The normalized spacial score (nSPS) is 16.9. The van der Waals surface area contributed by atoms with Crippen LogP contribution < -0.4 is 18.9 Å². The molecule has 0 bridgehead atoms. The van der Waals surface area contributed by atoms with Gasteiger partial charge in [0.1, 0.15) is 12.4 Å². The fraction of sp³-hybridized carbons (Fsp3) is 0.462. The van der Waals surface area contributed by atoms with E-state index in [2.05, 4.69) is 15.0 Å². The molecule has 0 unspecified atom stereocenters. The maximum Gasteiger partial charge on any atom is 0.415 e. The predicted octanol–water partition coefficient (Wildman–Crippen LogP) is 4.74. The highest BCUT2D eigenvalue weighted by Gasteiger charge is 2.27. The molecule has 9 heteroatoms. The standard InChI is InChI=1S/C26H30N4O5/c1-32-22-13-20-21(14-23(22)33-2)28-16-29-25(20)17-9-11-30(12-10-17)26(31)35-19-7-8-24(27-15-19)34-18-5-3-4-6-18/h7-8,13-18H,3-6,9-12H2,1-2H3. The first kappa shape index (κ1) is 23.1. The second-order valence-corrected chi connectivity index (χ2v) is 8.97. The molecule has 3 heterocycles. The Balaban J connectivity index is 1.20. The summed E-state index contributed by atoms with van der Waals surface area (Å²) in [6.45, 7) is 1.16. The van der Waals surface area contributed by atoms with E-state index in [4.69, 9.17) is 18.9 Å². The summed E-state index contributed by atoms with van der Waals surface area (Å²) < 4.78 is 22.3. The number of amides is 1. The lowest BCUT2D eigenvalue weighted by atomic mass is 9.91. The minimum atomic E-state index is -0.367. The second kappa shape index (κ2) is 10.3. The quantitative estimate of drug-likeness (QED) is 0.501. The summed E-state index contributed by atoms with van der Waals surface area (Å²) in [7, 11) is 3.22. The van der Waals surface area contributed by atoms with E-state index in [-0.39, 0.29) is 18.1 Å². The van der Waals surface area contributed by atoms with Gasteiger partial charge < -0.3 is 23.8 Å². The molecule has 5 rings (SSSR count). The van der Waals surface area contributed by atoms with Crippen molar-refractivity contribution < 1.29 is 23.7 Å². The lowest BCUT2D eigenvalue weighted by Gasteiger charge is -2.31. The molecule has 0 atom stereocenters. The minimum absolute atomic E-state index is 0.205. The molecule has 35 heavy (non-hydrogen) atoms. The third-order valence-electron chi connectivity index (χ3n) is 6.82. The first-order chi connectivity index (χ1) is 17.1. The van der Waals surface area contributed by atoms with Crippen LogP contribution in [0.1, 0.15) is 50.1 Å². The lowest BCUT2D eigenvalue weighted by Crippen LogP contribution is -2.39. The molecule has 0 N–H and O–H groups in total. The van der Waals surface area contributed by atoms with Gasteiger partial charge in [-0.3, -0.25) is 0 Å². The highest BCUT2D eigenvalue weighted by atomic mass is 16.6. The molecule has 0 radical (unpaired) electrons. The molecule has 184 valence electrons. The number of likely N-dealkylation sites (tertiary alicyclic amines) is 1. The first-order valence-electron chi connectivity index (χ1n) is 12.1. The van der Waals surface area contributed by atoms with E-state index in [1.165, 1.54) is 12.8 Å². The maximum atomic E-state index is 12.7. The Bertz CT molecular complexity index is 1170. The zero-order valence-electron chi connectivity index (χ0n) is 20.1. The summed E-state index contributed by atoms with van der Waals surface area (Å²) in [6, 6.07) is 7.29. The lowest BCUT2D eigenvalue weighted by molar-refractivity contribution is 0.138. The van der Waals surface area contributed by atoms with Crippen LogP contribution >= 0.6 is 0 Å². The Kier molecular flexibility index (Phi) is 6.83. The number of carbonyl (C=O) groups excluding carboxylic acids is 1. The fourth-order valence-electron chi connectivity index (χ4n) is 4.90. The summed E-state index contributed by atoms with van der Waals surface area (Å²) in [5.41, 5.74) is 1.77. The Morgan fingerprint density at radius 3 is 2.37 bits per heavy atom. The molecule has 1 aliphatic carbocycles. The topological polar surface area (TPSA) is 95.9 Å². The van der Waals surface area contributed by atoms with Gasteiger partial charge in [-0.15, -0.1) is 0 Å². The van der Waals surface area contributed by atoms with Gasteiger partial charge in [0.15, 0.2) is 17.2 Å². The summed E-state index contributed by atoms with van der Waals surface area (Å²) in [6.07, 6.45) is 9.11. The van der Waals surface area contributed by atoms with Gasteiger partial charge in [0, 0.05) is 36.5 Å². The van der Waals surface area contributed by atoms with E-state index >= 15 is 0 Å². The van der Waals surface area contributed by atoms with Gasteiger partial charge in [-0.1, -0.05) is 0 Å². The third-order valence-corrected chi connectivity index (χ3v) is 6.82. The van der Waals surface area contributed by atoms with Crippen molar-refractivity contribution in [3.05, 3.63) is 42.5 Å². The van der Waals surface area contributed by atoms with Gasteiger partial charge in [0.05, 0.1) is 31.6 Å².